The van der Waals surface area contributed by atoms with E-state index in [0.29, 0.717) is 58.8 Å². The van der Waals surface area contributed by atoms with Crippen molar-refractivity contribution < 1.29 is 17.9 Å². The maximum atomic E-state index is 16.2. The number of methoxy groups -OCH3 is 1. The van der Waals surface area contributed by atoms with Crippen LogP contribution in [0.1, 0.15) is 44.1 Å². The number of nitrogens with zero attached hydrogens (tertiary/aromatic N) is 6. The van der Waals surface area contributed by atoms with Crippen molar-refractivity contribution in [1.82, 2.24) is 24.8 Å². The number of aryl methyl sites for hydroxylation is 1. The largest absolute Gasteiger partial charge is 0.467 e. The van der Waals surface area contributed by atoms with Gasteiger partial charge in [0.05, 0.1) is 12.5 Å². The van der Waals surface area contributed by atoms with Crippen LogP contribution >= 0.6 is 0 Å². The van der Waals surface area contributed by atoms with E-state index in [9.17, 15) is 8.78 Å². The zero-order valence-corrected chi connectivity index (χ0v) is 26.6. The molecular formula is C35H42F3N7O. The summed E-state index contributed by atoms with van der Waals surface area (Å²) in [6, 6.07) is 10.0. The molecule has 4 atom stereocenters. The average Bonchev–Trinajstić information content (AvgIpc) is 3.70. The molecule has 0 spiro atoms. The highest BCUT2D eigenvalue weighted by Gasteiger charge is 2.40. The number of halogens is 3. The molecule has 4 fully saturated rings. The van der Waals surface area contributed by atoms with Crippen molar-refractivity contribution in [2.45, 2.75) is 69.7 Å². The molecule has 2 N–H and O–H groups in total. The molecule has 8 nitrogen and oxygen atoms in total. The number of hydrogen-bond donors (Lipinski definition) is 1. The van der Waals surface area contributed by atoms with Gasteiger partial charge in [0.15, 0.2) is 5.82 Å². The van der Waals surface area contributed by atoms with Crippen molar-refractivity contribution in [2.75, 3.05) is 51.3 Å². The van der Waals surface area contributed by atoms with Crippen LogP contribution in [0.2, 0.25) is 0 Å². The third-order valence-corrected chi connectivity index (χ3v) is 10.2. The number of hydrogen-bond acceptors (Lipinski definition) is 8. The van der Waals surface area contributed by atoms with E-state index >= 15 is 4.39 Å². The Balaban J connectivity index is 0.000000321. The van der Waals surface area contributed by atoms with Crippen molar-refractivity contribution in [1.29, 1.82) is 0 Å². The number of fused-ring (bicyclic) bond motifs is 5. The molecule has 244 valence electrons. The fourth-order valence-corrected chi connectivity index (χ4v) is 8.09. The summed E-state index contributed by atoms with van der Waals surface area (Å²) in [7, 11) is 1.48. The van der Waals surface area contributed by atoms with Gasteiger partial charge >= 0.3 is 6.01 Å². The molecule has 4 saturated heterocycles. The van der Waals surface area contributed by atoms with Gasteiger partial charge in [0.1, 0.15) is 29.0 Å². The van der Waals surface area contributed by atoms with Crippen LogP contribution in [0.15, 0.2) is 36.5 Å². The number of anilines is 1. The Kier molecular flexibility index (Phi) is 8.73. The molecule has 0 radical (unpaired) electrons. The van der Waals surface area contributed by atoms with Crippen LogP contribution in [0.3, 0.4) is 0 Å². The molecule has 0 saturated carbocycles. The lowest BCUT2D eigenvalue weighted by molar-refractivity contribution is 0.168. The minimum Gasteiger partial charge on any atom is -0.467 e. The van der Waals surface area contributed by atoms with Crippen molar-refractivity contribution in [3.63, 3.8) is 0 Å². The number of alkyl halides is 1. The average molecular weight is 634 g/mol. The Bertz CT molecular complexity index is 1710. The first-order valence-corrected chi connectivity index (χ1v) is 16.5. The third-order valence-electron chi connectivity index (χ3n) is 10.2. The molecule has 4 unspecified atom stereocenters. The SMILES string of the molecule is COc1nc(N2CC3CCC(C2)N3CCCN)c2cnc(-c3cc(C)cc4cccc(F)c34)c(F)c2n1.FC1CC2CCCN2C1. The van der Waals surface area contributed by atoms with E-state index in [1.165, 1.54) is 26.0 Å². The number of piperazine rings is 1. The summed E-state index contributed by atoms with van der Waals surface area (Å²) in [5.41, 5.74) is 7.22. The number of ether oxygens (including phenoxy) is 1. The van der Waals surface area contributed by atoms with Crippen molar-refractivity contribution >= 4 is 27.5 Å². The Morgan fingerprint density at radius 1 is 1.02 bits per heavy atom. The van der Waals surface area contributed by atoms with Crippen LogP contribution in [-0.4, -0.2) is 95.4 Å². The quantitative estimate of drug-likeness (QED) is 0.293. The Labute approximate surface area is 267 Å². The highest BCUT2D eigenvalue weighted by atomic mass is 19.1. The van der Waals surface area contributed by atoms with Gasteiger partial charge in [0, 0.05) is 61.5 Å². The summed E-state index contributed by atoms with van der Waals surface area (Å²) < 4.78 is 49.1. The molecule has 4 aliphatic heterocycles. The molecule has 4 aliphatic rings. The smallest absolute Gasteiger partial charge is 0.318 e. The Hall–Kier alpha value is -3.54. The van der Waals surface area contributed by atoms with Gasteiger partial charge < -0.3 is 15.4 Å². The summed E-state index contributed by atoms with van der Waals surface area (Å²) in [6.07, 6.45) is 7.64. The molecule has 2 aromatic carbocycles. The lowest BCUT2D eigenvalue weighted by atomic mass is 9.97. The van der Waals surface area contributed by atoms with Gasteiger partial charge in [-0.2, -0.15) is 9.97 Å². The van der Waals surface area contributed by atoms with Crippen LogP contribution in [0.25, 0.3) is 32.9 Å². The van der Waals surface area contributed by atoms with Gasteiger partial charge in [-0.15, -0.1) is 0 Å². The molecule has 46 heavy (non-hydrogen) atoms. The minimum absolute atomic E-state index is 0.0599. The lowest BCUT2D eigenvalue weighted by Crippen LogP contribution is -2.54. The second kappa shape index (κ2) is 12.9. The van der Waals surface area contributed by atoms with Gasteiger partial charge in [0.2, 0.25) is 0 Å². The summed E-state index contributed by atoms with van der Waals surface area (Å²) in [5, 5.41) is 1.56. The van der Waals surface area contributed by atoms with Crippen LogP contribution < -0.4 is 15.4 Å². The van der Waals surface area contributed by atoms with Gasteiger partial charge in [-0.1, -0.05) is 18.2 Å². The molecule has 2 aromatic heterocycles. The number of benzene rings is 2. The molecule has 11 heteroatoms. The number of rotatable bonds is 6. The number of aromatic nitrogens is 3. The lowest BCUT2D eigenvalue weighted by Gasteiger charge is -2.41. The molecule has 4 aromatic rings. The van der Waals surface area contributed by atoms with Crippen molar-refractivity contribution in [2.24, 2.45) is 5.73 Å². The summed E-state index contributed by atoms with van der Waals surface area (Å²) in [5.74, 6) is -0.410. The molecule has 6 heterocycles. The summed E-state index contributed by atoms with van der Waals surface area (Å²) >= 11 is 0. The van der Waals surface area contributed by atoms with Crippen LogP contribution in [0.4, 0.5) is 19.0 Å². The topological polar surface area (TPSA) is 83.6 Å². The van der Waals surface area contributed by atoms with Crippen LogP contribution in [0.5, 0.6) is 6.01 Å². The second-order valence-electron chi connectivity index (χ2n) is 13.2. The van der Waals surface area contributed by atoms with Gasteiger partial charge in [-0.05, 0) is 81.6 Å². The zero-order chi connectivity index (χ0) is 31.9. The van der Waals surface area contributed by atoms with E-state index in [2.05, 4.69) is 29.7 Å². The number of nitrogens with two attached hydrogens (primary N) is 1. The highest BCUT2D eigenvalue weighted by Crippen LogP contribution is 2.39. The van der Waals surface area contributed by atoms with Gasteiger partial charge in [-0.3, -0.25) is 14.8 Å². The summed E-state index contributed by atoms with van der Waals surface area (Å²) in [6.45, 7) is 7.00. The fourth-order valence-electron chi connectivity index (χ4n) is 8.09. The second-order valence-corrected chi connectivity index (χ2v) is 13.2. The molecule has 8 rings (SSSR count). The van der Waals surface area contributed by atoms with E-state index < -0.39 is 17.8 Å². The van der Waals surface area contributed by atoms with Gasteiger partial charge in [-0.25, -0.2) is 13.2 Å². The van der Waals surface area contributed by atoms with E-state index in [1.54, 1.807) is 18.3 Å². The standard InChI is InChI=1S/C28H30F2N6O.C7H12FN/c1-16-11-17-5-3-6-22(29)23(17)20(12-16)25-24(30)26-21(13-32-25)27(34-28(33-26)37-2)35-14-18-7-8-19(15-35)36(18)10-4-9-31;8-6-4-7-2-1-3-9(7)5-6/h3,5-6,11-13,18-19H,4,7-10,14-15,31H2,1-2H3;6-7H,1-5H2. The first-order valence-electron chi connectivity index (χ1n) is 16.5. The Morgan fingerprint density at radius 2 is 1.83 bits per heavy atom. The van der Waals surface area contributed by atoms with Crippen molar-refractivity contribution in [3.8, 4) is 17.3 Å². The molecule has 2 bridgehead atoms. The van der Waals surface area contributed by atoms with Crippen LogP contribution in [-0.2, 0) is 0 Å². The maximum absolute atomic E-state index is 16.2. The summed E-state index contributed by atoms with van der Waals surface area (Å²) in [4.78, 5) is 20.6. The molecular weight excluding hydrogens is 591 g/mol. The normalized spacial score (nSPS) is 24.4. The first-order chi connectivity index (χ1) is 22.3. The monoisotopic (exact) mass is 633 g/mol. The minimum atomic E-state index is -0.612. The predicted molar refractivity (Wildman–Crippen MR) is 175 cm³/mol. The zero-order valence-electron chi connectivity index (χ0n) is 26.6. The Morgan fingerprint density at radius 3 is 2.57 bits per heavy atom. The van der Waals surface area contributed by atoms with Gasteiger partial charge in [0.25, 0.3) is 0 Å². The molecule has 0 aliphatic carbocycles. The van der Waals surface area contributed by atoms with E-state index in [-0.39, 0.29) is 17.2 Å². The third kappa shape index (κ3) is 5.77. The van der Waals surface area contributed by atoms with Crippen LogP contribution in [0, 0.1) is 18.6 Å². The van der Waals surface area contributed by atoms with E-state index in [0.717, 1.165) is 57.4 Å². The predicted octanol–water partition coefficient (Wildman–Crippen LogP) is 5.63. The number of pyridine rings is 1. The first kappa shape index (κ1) is 31.1. The molecule has 0 amide bonds. The maximum Gasteiger partial charge on any atom is 0.318 e. The highest BCUT2D eigenvalue weighted by molar-refractivity contribution is 5.99. The van der Waals surface area contributed by atoms with Crippen molar-refractivity contribution in [3.05, 3.63) is 53.7 Å². The van der Waals surface area contributed by atoms with E-state index in [4.69, 9.17) is 10.5 Å². The van der Waals surface area contributed by atoms with E-state index in [1.807, 2.05) is 19.1 Å². The fraction of sp³-hybridized carbons (Fsp3) is 0.514.